The highest BCUT2D eigenvalue weighted by Crippen LogP contribution is 2.17. The third-order valence-corrected chi connectivity index (χ3v) is 3.14. The maximum absolute atomic E-state index is 11.9. The average molecular weight is 383 g/mol. The molecule has 0 aliphatic rings. The maximum atomic E-state index is 11.9. The molecule has 7 N–H and O–H groups in total. The van der Waals surface area contributed by atoms with Crippen LogP contribution in [-0.4, -0.2) is 60.6 Å². The molecule has 1 heterocycles. The normalized spacial score (nSPS) is 10.9. The molecular formula is C11H21BrClN7O. The van der Waals surface area contributed by atoms with Gasteiger partial charge in [-0.15, -0.1) is 0 Å². The molecule has 1 rings (SSSR count). The smallest absolute Gasteiger partial charge is 0.273 e. The number of nitrogens with one attached hydrogen (secondary N) is 1. The molecule has 21 heavy (non-hydrogen) atoms. The van der Waals surface area contributed by atoms with Crippen molar-refractivity contribution in [3.05, 3.63) is 10.8 Å². The lowest BCUT2D eigenvalue weighted by atomic mass is 10.3. The predicted molar refractivity (Wildman–Crippen MR) is 79.1 cm³/mol. The zero-order valence-corrected chi connectivity index (χ0v) is 14.4. The van der Waals surface area contributed by atoms with Gasteiger partial charge in [-0.3, -0.25) is 4.79 Å². The first-order valence-electron chi connectivity index (χ1n) is 6.15. The quantitative estimate of drug-likeness (QED) is 0.371. The van der Waals surface area contributed by atoms with Crippen LogP contribution >= 0.6 is 11.6 Å². The van der Waals surface area contributed by atoms with Crippen LogP contribution in [0.5, 0.6) is 0 Å². The molecule has 0 bridgehead atoms. The van der Waals surface area contributed by atoms with Crippen molar-refractivity contribution >= 4 is 29.1 Å². The molecule has 0 radical (unpaired) electrons. The highest BCUT2D eigenvalue weighted by atomic mass is 79.9. The summed E-state index contributed by atoms with van der Waals surface area (Å²) in [4.78, 5) is 19.5. The second-order valence-electron chi connectivity index (χ2n) is 5.06. The Kier molecular flexibility index (Phi) is 7.86. The minimum atomic E-state index is -0.426. The number of hydrogen-bond donors (Lipinski definition) is 4. The molecule has 0 saturated carbocycles. The average Bonchev–Trinajstić information content (AvgIpc) is 2.33. The summed E-state index contributed by atoms with van der Waals surface area (Å²) in [5, 5.41) is 2.69. The largest absolute Gasteiger partial charge is 1.00 e. The van der Waals surface area contributed by atoms with Crippen LogP contribution in [-0.2, 0) is 0 Å². The number of hydrogen-bond acceptors (Lipinski definition) is 6. The minimum absolute atomic E-state index is 0. The summed E-state index contributed by atoms with van der Waals surface area (Å²) in [5.41, 5.74) is 16.6. The topological polar surface area (TPSA) is 133 Å². The van der Waals surface area contributed by atoms with Gasteiger partial charge in [0.1, 0.15) is 0 Å². The Labute approximate surface area is 139 Å². The van der Waals surface area contributed by atoms with E-state index in [1.165, 1.54) is 0 Å². The summed E-state index contributed by atoms with van der Waals surface area (Å²) in [6.45, 7) is 2.62. The number of rotatable bonds is 6. The number of amides is 1. The van der Waals surface area contributed by atoms with Crippen molar-refractivity contribution in [1.82, 2.24) is 15.3 Å². The zero-order chi connectivity index (χ0) is 15.3. The van der Waals surface area contributed by atoms with Crippen LogP contribution < -0.4 is 39.5 Å². The molecule has 1 aromatic heterocycles. The number of nitrogens with zero attached hydrogens (tertiary/aromatic N) is 3. The van der Waals surface area contributed by atoms with Crippen LogP contribution in [0.4, 0.5) is 11.6 Å². The van der Waals surface area contributed by atoms with E-state index >= 15 is 0 Å². The van der Waals surface area contributed by atoms with Crippen molar-refractivity contribution in [2.75, 3.05) is 51.7 Å². The Morgan fingerprint density at radius 2 is 1.86 bits per heavy atom. The monoisotopic (exact) mass is 381 g/mol. The fourth-order valence-electron chi connectivity index (χ4n) is 1.63. The molecule has 0 atom stereocenters. The third-order valence-electron chi connectivity index (χ3n) is 2.86. The van der Waals surface area contributed by atoms with Gasteiger partial charge in [0.05, 0.1) is 33.7 Å². The molecule has 1 amide bonds. The van der Waals surface area contributed by atoms with Gasteiger partial charge in [-0.05, 0) is 0 Å². The Balaban J connectivity index is 0.00000400. The molecule has 0 aliphatic carbocycles. The van der Waals surface area contributed by atoms with Crippen LogP contribution in [0.3, 0.4) is 0 Å². The molecular weight excluding hydrogens is 362 g/mol. The highest BCUT2D eigenvalue weighted by Gasteiger charge is 2.18. The fourth-order valence-corrected chi connectivity index (χ4v) is 1.75. The Morgan fingerprint density at radius 1 is 1.24 bits per heavy atom. The van der Waals surface area contributed by atoms with Crippen LogP contribution in [0, 0.1) is 0 Å². The molecule has 8 nitrogen and oxygen atoms in total. The van der Waals surface area contributed by atoms with E-state index in [0.29, 0.717) is 17.6 Å². The van der Waals surface area contributed by atoms with E-state index < -0.39 is 5.91 Å². The number of likely N-dealkylation sites (N-methyl/N-ethyl adjacent to an activating group) is 1. The van der Waals surface area contributed by atoms with E-state index in [2.05, 4.69) is 15.3 Å². The van der Waals surface area contributed by atoms with Gasteiger partial charge in [0.15, 0.2) is 22.5 Å². The van der Waals surface area contributed by atoms with Gasteiger partial charge >= 0.3 is 0 Å². The highest BCUT2D eigenvalue weighted by molar-refractivity contribution is 6.31. The number of nitrogens with two attached hydrogens (primary N) is 3. The zero-order valence-electron chi connectivity index (χ0n) is 12.1. The predicted octanol–water partition coefficient (Wildman–Crippen LogP) is -3.94. The van der Waals surface area contributed by atoms with Crippen molar-refractivity contribution in [3.63, 3.8) is 0 Å². The lowest BCUT2D eigenvalue weighted by Gasteiger charge is -2.29. The van der Waals surface area contributed by atoms with E-state index in [4.69, 9.17) is 28.8 Å². The lowest BCUT2D eigenvalue weighted by molar-refractivity contribution is -0.887. The van der Waals surface area contributed by atoms with Gasteiger partial charge in [0.2, 0.25) is 0 Å². The van der Waals surface area contributed by atoms with Gasteiger partial charge < -0.3 is 44.0 Å². The van der Waals surface area contributed by atoms with Crippen molar-refractivity contribution in [1.29, 1.82) is 0 Å². The molecule has 0 aliphatic heterocycles. The molecule has 0 spiro atoms. The van der Waals surface area contributed by atoms with Crippen LogP contribution in [0.15, 0.2) is 0 Å². The van der Waals surface area contributed by atoms with Crippen molar-refractivity contribution in [2.45, 2.75) is 0 Å². The van der Waals surface area contributed by atoms with Gasteiger partial charge in [0.25, 0.3) is 5.91 Å². The number of aromatic nitrogens is 2. The van der Waals surface area contributed by atoms with E-state index in [1.54, 1.807) is 0 Å². The van der Waals surface area contributed by atoms with Gasteiger partial charge in [-0.2, -0.15) is 0 Å². The first-order chi connectivity index (χ1) is 9.26. The van der Waals surface area contributed by atoms with Gasteiger partial charge in [0, 0.05) is 6.54 Å². The van der Waals surface area contributed by atoms with E-state index in [0.717, 1.165) is 13.1 Å². The second-order valence-corrected chi connectivity index (χ2v) is 5.42. The summed E-state index contributed by atoms with van der Waals surface area (Å²) in [6, 6.07) is 0. The SMILES string of the molecule is C[N+](C)(CCN)CCNC(=O)c1nc(Cl)c(N)nc1N.[Br-]. The maximum Gasteiger partial charge on any atom is 0.273 e. The first kappa shape index (κ1) is 19.8. The summed E-state index contributed by atoms with van der Waals surface area (Å²) < 4.78 is 0.709. The van der Waals surface area contributed by atoms with Crippen molar-refractivity contribution < 1.29 is 26.3 Å². The number of carbonyl (C=O) groups is 1. The number of quaternary nitrogens is 1. The van der Waals surface area contributed by atoms with Gasteiger partial charge in [-0.25, -0.2) is 9.97 Å². The third kappa shape index (κ3) is 6.00. The number of anilines is 2. The number of halogens is 2. The van der Waals surface area contributed by atoms with E-state index in [1.807, 2.05) is 14.1 Å². The summed E-state index contributed by atoms with van der Waals surface area (Å²) in [6.07, 6.45) is 0. The standard InChI is InChI=1S/C11H20ClN7O.BrH/c1-19(2,5-3-13)6-4-16-11(20)7-9(14)18-10(15)8(12)17-7;/h3-6,13H2,1-2H3,(H4-,14,15,16,18,20);1H. The molecule has 0 unspecified atom stereocenters. The molecule has 0 fully saturated rings. The fraction of sp³-hybridized carbons (Fsp3) is 0.545. The second kappa shape index (κ2) is 8.32. The van der Waals surface area contributed by atoms with Crippen molar-refractivity contribution in [2.24, 2.45) is 5.73 Å². The number of carbonyl (C=O) groups excluding carboxylic acids is 1. The molecule has 10 heteroatoms. The molecule has 0 saturated heterocycles. The molecule has 1 aromatic rings. The van der Waals surface area contributed by atoms with Crippen LogP contribution in [0.1, 0.15) is 10.5 Å². The minimum Gasteiger partial charge on any atom is -1.00 e. The van der Waals surface area contributed by atoms with Crippen LogP contribution in [0.25, 0.3) is 0 Å². The number of nitrogen functional groups attached to an aromatic ring is 2. The summed E-state index contributed by atoms with van der Waals surface area (Å²) >= 11 is 5.73. The first-order valence-corrected chi connectivity index (χ1v) is 6.53. The Morgan fingerprint density at radius 3 is 2.43 bits per heavy atom. The molecule has 0 aromatic carbocycles. The van der Waals surface area contributed by atoms with Crippen molar-refractivity contribution in [3.8, 4) is 0 Å². The lowest BCUT2D eigenvalue weighted by Crippen LogP contribution is -3.00. The van der Waals surface area contributed by atoms with Crippen LogP contribution in [0.2, 0.25) is 5.15 Å². The molecule has 120 valence electrons. The summed E-state index contributed by atoms with van der Waals surface area (Å²) in [5.74, 6) is -0.466. The Hall–Kier alpha value is -1.16. The van der Waals surface area contributed by atoms with E-state index in [9.17, 15) is 4.79 Å². The summed E-state index contributed by atoms with van der Waals surface area (Å²) in [7, 11) is 4.07. The van der Waals surface area contributed by atoms with E-state index in [-0.39, 0.29) is 39.5 Å². The Bertz CT molecular complexity index is 498. The van der Waals surface area contributed by atoms with Gasteiger partial charge in [-0.1, -0.05) is 11.6 Å².